The molecule has 0 saturated heterocycles. The Kier molecular flexibility index (Phi) is 7.02. The van der Waals surface area contributed by atoms with E-state index in [4.69, 9.17) is 23.2 Å². The van der Waals surface area contributed by atoms with Crippen LogP contribution < -0.4 is 10.6 Å². The SMILES string of the molecule is Cc1nn(C)c(Cl)c1C(=O)NCC(Cc1ccccc1)NC(=O)c1c(C)nn(C)c1Cl. The van der Waals surface area contributed by atoms with Crippen molar-refractivity contribution in [2.24, 2.45) is 14.1 Å². The van der Waals surface area contributed by atoms with Crippen LogP contribution in [0.3, 0.4) is 0 Å². The number of nitrogens with one attached hydrogen (secondary N) is 2. The standard InChI is InChI=1S/C21H24Cl2N6O2/c1-12-16(18(22)28(3)26-12)20(30)24-11-15(10-14-8-6-5-7-9-14)25-21(31)17-13(2)27-29(4)19(17)23/h5-9,15H,10-11H2,1-4H3,(H,24,30)(H,25,31). The third kappa shape index (κ3) is 5.08. The molecule has 8 nitrogen and oxygen atoms in total. The average molecular weight is 463 g/mol. The number of carbonyl (C=O) groups excluding carboxylic acids is 2. The van der Waals surface area contributed by atoms with E-state index in [0.29, 0.717) is 28.9 Å². The van der Waals surface area contributed by atoms with Gasteiger partial charge in [0.2, 0.25) is 0 Å². The second-order valence-electron chi connectivity index (χ2n) is 7.32. The van der Waals surface area contributed by atoms with Crippen LogP contribution in [0.25, 0.3) is 0 Å². The lowest BCUT2D eigenvalue weighted by atomic mass is 10.0. The molecule has 2 aromatic heterocycles. The molecule has 0 spiro atoms. The van der Waals surface area contributed by atoms with Crippen LogP contribution in [0.2, 0.25) is 10.3 Å². The van der Waals surface area contributed by atoms with Crippen LogP contribution in [0.4, 0.5) is 0 Å². The van der Waals surface area contributed by atoms with Gasteiger partial charge in [0.1, 0.15) is 10.3 Å². The minimum Gasteiger partial charge on any atom is -0.350 e. The molecule has 1 unspecified atom stereocenters. The maximum atomic E-state index is 12.9. The van der Waals surface area contributed by atoms with Gasteiger partial charge in [-0.3, -0.25) is 19.0 Å². The Bertz CT molecular complexity index is 1110. The molecule has 10 heteroatoms. The Labute approximate surface area is 190 Å². The molecule has 1 aromatic carbocycles. The molecule has 164 valence electrons. The highest BCUT2D eigenvalue weighted by Crippen LogP contribution is 2.20. The fourth-order valence-electron chi connectivity index (χ4n) is 3.41. The Morgan fingerprint density at radius 2 is 1.45 bits per heavy atom. The van der Waals surface area contributed by atoms with Crippen LogP contribution in [-0.2, 0) is 20.5 Å². The summed E-state index contributed by atoms with van der Waals surface area (Å²) in [6.45, 7) is 3.64. The molecule has 1 atom stereocenters. The summed E-state index contributed by atoms with van der Waals surface area (Å²) >= 11 is 12.4. The normalized spacial score (nSPS) is 11.9. The zero-order valence-electron chi connectivity index (χ0n) is 17.7. The van der Waals surface area contributed by atoms with Crippen molar-refractivity contribution in [3.05, 3.63) is 68.7 Å². The fraction of sp³-hybridized carbons (Fsp3) is 0.333. The van der Waals surface area contributed by atoms with E-state index < -0.39 is 0 Å². The van der Waals surface area contributed by atoms with Crippen LogP contribution in [0, 0.1) is 13.8 Å². The molecule has 0 aliphatic carbocycles. The van der Waals surface area contributed by atoms with Crippen LogP contribution in [0.1, 0.15) is 37.7 Å². The van der Waals surface area contributed by atoms with Gasteiger partial charge in [-0.2, -0.15) is 10.2 Å². The molecular weight excluding hydrogens is 439 g/mol. The highest BCUT2D eigenvalue weighted by Gasteiger charge is 2.24. The molecule has 0 aliphatic rings. The van der Waals surface area contributed by atoms with E-state index >= 15 is 0 Å². The molecule has 2 heterocycles. The van der Waals surface area contributed by atoms with E-state index in [-0.39, 0.29) is 34.7 Å². The molecule has 3 aromatic rings. The Balaban J connectivity index is 1.78. The molecule has 0 aliphatic heterocycles. The second kappa shape index (κ2) is 9.53. The minimum absolute atomic E-state index is 0.195. The number of hydrogen-bond donors (Lipinski definition) is 2. The summed E-state index contributed by atoms with van der Waals surface area (Å²) in [5.74, 6) is -0.695. The van der Waals surface area contributed by atoms with Gasteiger partial charge >= 0.3 is 0 Å². The monoisotopic (exact) mass is 462 g/mol. The summed E-state index contributed by atoms with van der Waals surface area (Å²) in [7, 11) is 3.35. The molecule has 0 bridgehead atoms. The lowest BCUT2D eigenvalue weighted by molar-refractivity contribution is 0.0908. The van der Waals surface area contributed by atoms with Crippen molar-refractivity contribution in [1.29, 1.82) is 0 Å². The van der Waals surface area contributed by atoms with Gasteiger partial charge in [0.05, 0.1) is 28.6 Å². The van der Waals surface area contributed by atoms with Gasteiger partial charge in [-0.25, -0.2) is 0 Å². The first-order valence-electron chi connectivity index (χ1n) is 9.70. The van der Waals surface area contributed by atoms with Gasteiger partial charge in [-0.15, -0.1) is 0 Å². The first-order valence-corrected chi connectivity index (χ1v) is 10.5. The number of halogens is 2. The number of carbonyl (C=O) groups is 2. The Morgan fingerprint density at radius 3 is 1.94 bits per heavy atom. The Morgan fingerprint density at radius 1 is 0.935 bits per heavy atom. The lowest BCUT2D eigenvalue weighted by Crippen LogP contribution is -2.45. The summed E-state index contributed by atoms with van der Waals surface area (Å²) in [5, 5.41) is 14.7. The predicted molar refractivity (Wildman–Crippen MR) is 120 cm³/mol. The topological polar surface area (TPSA) is 93.8 Å². The van der Waals surface area contributed by atoms with E-state index in [1.807, 2.05) is 30.3 Å². The highest BCUT2D eigenvalue weighted by atomic mass is 35.5. The number of amides is 2. The van der Waals surface area contributed by atoms with Crippen LogP contribution in [-0.4, -0.2) is 44.0 Å². The zero-order valence-corrected chi connectivity index (χ0v) is 19.3. The highest BCUT2D eigenvalue weighted by molar-refractivity contribution is 6.33. The number of rotatable bonds is 7. The quantitative estimate of drug-likeness (QED) is 0.564. The first-order chi connectivity index (χ1) is 14.7. The van der Waals surface area contributed by atoms with Crippen molar-refractivity contribution in [3.63, 3.8) is 0 Å². The molecular formula is C21H24Cl2N6O2. The number of aryl methyl sites for hydroxylation is 4. The predicted octanol–water partition coefficient (Wildman–Crippen LogP) is 2.85. The number of aromatic nitrogens is 4. The molecule has 2 amide bonds. The van der Waals surface area contributed by atoms with Gasteiger partial charge in [0, 0.05) is 20.6 Å². The average Bonchev–Trinajstić information content (AvgIpc) is 3.13. The van der Waals surface area contributed by atoms with Crippen molar-refractivity contribution in [2.75, 3.05) is 6.54 Å². The number of benzene rings is 1. The summed E-state index contributed by atoms with van der Waals surface area (Å²) in [6.07, 6.45) is 0.517. The molecule has 0 saturated carbocycles. The van der Waals surface area contributed by atoms with Crippen LogP contribution in [0.15, 0.2) is 30.3 Å². The third-order valence-corrected chi connectivity index (χ3v) is 5.79. The summed E-state index contributed by atoms with van der Waals surface area (Å²) < 4.78 is 2.90. The third-order valence-electron chi connectivity index (χ3n) is 4.93. The minimum atomic E-state index is -0.384. The van der Waals surface area contributed by atoms with E-state index in [2.05, 4.69) is 20.8 Å². The van der Waals surface area contributed by atoms with Gasteiger partial charge in [0.25, 0.3) is 11.8 Å². The molecule has 31 heavy (non-hydrogen) atoms. The van der Waals surface area contributed by atoms with Crippen LogP contribution in [0.5, 0.6) is 0 Å². The summed E-state index contributed by atoms with van der Waals surface area (Å²) in [5.41, 5.74) is 2.73. The van der Waals surface area contributed by atoms with Crippen molar-refractivity contribution in [3.8, 4) is 0 Å². The van der Waals surface area contributed by atoms with Crippen molar-refractivity contribution in [1.82, 2.24) is 30.2 Å². The fourth-order valence-corrected chi connectivity index (χ4v) is 3.93. The van der Waals surface area contributed by atoms with E-state index in [1.165, 1.54) is 9.36 Å². The first kappa shape index (κ1) is 22.8. The van der Waals surface area contributed by atoms with Gasteiger partial charge < -0.3 is 10.6 Å². The van der Waals surface area contributed by atoms with E-state index in [9.17, 15) is 9.59 Å². The maximum Gasteiger partial charge on any atom is 0.256 e. The molecule has 0 fully saturated rings. The molecule has 2 N–H and O–H groups in total. The van der Waals surface area contributed by atoms with Gasteiger partial charge in [-0.05, 0) is 25.8 Å². The van der Waals surface area contributed by atoms with E-state index in [1.54, 1.807) is 27.9 Å². The second-order valence-corrected chi connectivity index (χ2v) is 8.04. The zero-order chi connectivity index (χ0) is 22.7. The summed E-state index contributed by atoms with van der Waals surface area (Å²) in [6, 6.07) is 9.31. The lowest BCUT2D eigenvalue weighted by Gasteiger charge is -2.20. The largest absolute Gasteiger partial charge is 0.350 e. The summed E-state index contributed by atoms with van der Waals surface area (Å²) in [4.78, 5) is 25.7. The van der Waals surface area contributed by atoms with E-state index in [0.717, 1.165) is 5.56 Å². The van der Waals surface area contributed by atoms with Crippen molar-refractivity contribution >= 4 is 35.0 Å². The molecule has 0 radical (unpaired) electrons. The van der Waals surface area contributed by atoms with Crippen LogP contribution >= 0.6 is 23.2 Å². The molecule has 3 rings (SSSR count). The van der Waals surface area contributed by atoms with Crippen molar-refractivity contribution in [2.45, 2.75) is 26.3 Å². The number of hydrogen-bond acceptors (Lipinski definition) is 4. The Hall–Kier alpha value is -2.84. The van der Waals surface area contributed by atoms with Crippen molar-refractivity contribution < 1.29 is 9.59 Å². The van der Waals surface area contributed by atoms with Gasteiger partial charge in [0.15, 0.2) is 0 Å². The van der Waals surface area contributed by atoms with Gasteiger partial charge in [-0.1, -0.05) is 53.5 Å². The smallest absolute Gasteiger partial charge is 0.256 e. The number of nitrogens with zero attached hydrogens (tertiary/aromatic N) is 4. The maximum absolute atomic E-state index is 12.9.